The van der Waals surface area contributed by atoms with Crippen LogP contribution in [0.25, 0.3) is 0 Å². The number of nitrogens with zero attached hydrogens (tertiary/aromatic N) is 1. The van der Waals surface area contributed by atoms with Gasteiger partial charge in [0, 0.05) is 13.1 Å². The highest BCUT2D eigenvalue weighted by molar-refractivity contribution is 5.82. The number of urea groups is 1. The first-order valence-electron chi connectivity index (χ1n) is 6.34. The summed E-state index contributed by atoms with van der Waals surface area (Å²) >= 11 is 0. The molecule has 0 bridgehead atoms. The number of aliphatic carboxylic acids is 1. The average molecular weight is 244 g/mol. The third kappa shape index (κ3) is 6.14. The van der Waals surface area contributed by atoms with Gasteiger partial charge in [0.15, 0.2) is 0 Å². The minimum atomic E-state index is -0.965. The van der Waals surface area contributed by atoms with Crippen molar-refractivity contribution in [1.82, 2.24) is 10.2 Å². The van der Waals surface area contributed by atoms with Crippen LogP contribution in [-0.2, 0) is 4.79 Å². The molecule has 5 nitrogen and oxygen atoms in total. The van der Waals surface area contributed by atoms with Gasteiger partial charge >= 0.3 is 12.0 Å². The zero-order chi connectivity index (χ0) is 13.3. The van der Waals surface area contributed by atoms with E-state index in [0.29, 0.717) is 19.5 Å². The standard InChI is InChI=1S/C12H24N2O3/c1-4-7-10(11(15)16)13-12(17)14(8-5-2)9-6-3/h10H,4-9H2,1-3H3,(H,13,17)(H,15,16)/t10-/m1/s1. The molecule has 0 spiro atoms. The number of carboxylic acids is 1. The first kappa shape index (κ1) is 15.7. The molecule has 1 atom stereocenters. The summed E-state index contributed by atoms with van der Waals surface area (Å²) in [6.07, 6.45) is 2.95. The molecule has 0 rings (SSSR count). The van der Waals surface area contributed by atoms with Crippen LogP contribution in [0.1, 0.15) is 46.5 Å². The summed E-state index contributed by atoms with van der Waals surface area (Å²) in [5, 5.41) is 11.5. The van der Waals surface area contributed by atoms with E-state index in [2.05, 4.69) is 5.32 Å². The van der Waals surface area contributed by atoms with E-state index < -0.39 is 12.0 Å². The fraction of sp³-hybridized carbons (Fsp3) is 0.833. The lowest BCUT2D eigenvalue weighted by Gasteiger charge is -2.24. The first-order valence-corrected chi connectivity index (χ1v) is 6.34. The van der Waals surface area contributed by atoms with Gasteiger partial charge in [0.1, 0.15) is 6.04 Å². The van der Waals surface area contributed by atoms with Gasteiger partial charge in [-0.3, -0.25) is 0 Å². The third-order valence-corrected chi connectivity index (χ3v) is 2.45. The van der Waals surface area contributed by atoms with Gasteiger partial charge in [-0.05, 0) is 19.3 Å². The Morgan fingerprint density at radius 2 is 1.65 bits per heavy atom. The molecule has 17 heavy (non-hydrogen) atoms. The molecule has 5 heteroatoms. The Morgan fingerprint density at radius 1 is 1.12 bits per heavy atom. The number of amides is 2. The number of hydrogen-bond acceptors (Lipinski definition) is 2. The normalized spacial score (nSPS) is 11.9. The van der Waals surface area contributed by atoms with Crippen LogP contribution in [0, 0.1) is 0 Å². The minimum Gasteiger partial charge on any atom is -0.480 e. The van der Waals surface area contributed by atoms with E-state index in [1.807, 2.05) is 20.8 Å². The van der Waals surface area contributed by atoms with Gasteiger partial charge in [-0.2, -0.15) is 0 Å². The molecule has 0 aliphatic heterocycles. The summed E-state index contributed by atoms with van der Waals surface area (Å²) in [6.45, 7) is 7.22. The van der Waals surface area contributed by atoms with E-state index >= 15 is 0 Å². The van der Waals surface area contributed by atoms with Crippen molar-refractivity contribution in [2.75, 3.05) is 13.1 Å². The second-order valence-corrected chi connectivity index (χ2v) is 4.12. The zero-order valence-corrected chi connectivity index (χ0v) is 11.0. The number of nitrogens with one attached hydrogen (secondary N) is 1. The monoisotopic (exact) mass is 244 g/mol. The number of rotatable bonds is 8. The van der Waals surface area contributed by atoms with E-state index in [1.165, 1.54) is 0 Å². The minimum absolute atomic E-state index is 0.269. The molecule has 0 aromatic heterocycles. The smallest absolute Gasteiger partial charge is 0.326 e. The van der Waals surface area contributed by atoms with Crippen molar-refractivity contribution in [2.45, 2.75) is 52.5 Å². The van der Waals surface area contributed by atoms with Crippen molar-refractivity contribution in [3.8, 4) is 0 Å². The summed E-state index contributed by atoms with van der Waals surface area (Å²) in [6, 6.07) is -1.04. The quantitative estimate of drug-likeness (QED) is 0.686. The van der Waals surface area contributed by atoms with Gasteiger partial charge in [0.2, 0.25) is 0 Å². The van der Waals surface area contributed by atoms with Crippen molar-refractivity contribution in [1.29, 1.82) is 0 Å². The fourth-order valence-electron chi connectivity index (χ4n) is 1.64. The Morgan fingerprint density at radius 3 is 2.00 bits per heavy atom. The fourth-order valence-corrected chi connectivity index (χ4v) is 1.64. The Kier molecular flexibility index (Phi) is 8.19. The van der Waals surface area contributed by atoms with Crippen LogP contribution in [0.4, 0.5) is 4.79 Å². The van der Waals surface area contributed by atoms with E-state index in [1.54, 1.807) is 4.90 Å². The molecule has 0 aromatic rings. The molecule has 0 radical (unpaired) electrons. The molecule has 0 aliphatic carbocycles. The molecule has 2 N–H and O–H groups in total. The lowest BCUT2D eigenvalue weighted by atomic mass is 10.2. The van der Waals surface area contributed by atoms with E-state index in [0.717, 1.165) is 19.3 Å². The predicted molar refractivity (Wildman–Crippen MR) is 67.0 cm³/mol. The molecule has 0 saturated heterocycles. The van der Waals surface area contributed by atoms with Gasteiger partial charge in [0.25, 0.3) is 0 Å². The van der Waals surface area contributed by atoms with Crippen LogP contribution >= 0.6 is 0 Å². The van der Waals surface area contributed by atoms with Gasteiger partial charge in [-0.25, -0.2) is 9.59 Å². The van der Waals surface area contributed by atoms with E-state index in [4.69, 9.17) is 5.11 Å². The summed E-state index contributed by atoms with van der Waals surface area (Å²) in [5.74, 6) is -0.965. The maximum Gasteiger partial charge on any atom is 0.326 e. The largest absolute Gasteiger partial charge is 0.480 e. The van der Waals surface area contributed by atoms with Crippen LogP contribution in [0.15, 0.2) is 0 Å². The first-order chi connectivity index (χ1) is 8.06. The highest BCUT2D eigenvalue weighted by Crippen LogP contribution is 2.01. The van der Waals surface area contributed by atoms with Gasteiger partial charge in [0.05, 0.1) is 0 Å². The Balaban J connectivity index is 4.38. The Bertz CT molecular complexity index is 238. The zero-order valence-electron chi connectivity index (χ0n) is 11.0. The topological polar surface area (TPSA) is 69.6 Å². The number of hydrogen-bond donors (Lipinski definition) is 2. The van der Waals surface area contributed by atoms with Crippen molar-refractivity contribution < 1.29 is 14.7 Å². The molecule has 2 amide bonds. The van der Waals surface area contributed by atoms with Crippen molar-refractivity contribution in [3.05, 3.63) is 0 Å². The number of carbonyl (C=O) groups is 2. The SMILES string of the molecule is CCC[C@@H](NC(=O)N(CCC)CCC)C(=O)O. The highest BCUT2D eigenvalue weighted by Gasteiger charge is 2.21. The summed E-state index contributed by atoms with van der Waals surface area (Å²) < 4.78 is 0. The summed E-state index contributed by atoms with van der Waals surface area (Å²) in [5.41, 5.74) is 0. The average Bonchev–Trinajstić information content (AvgIpc) is 2.28. The van der Waals surface area contributed by atoms with Crippen LogP contribution in [0.5, 0.6) is 0 Å². The summed E-state index contributed by atoms with van der Waals surface area (Å²) in [4.78, 5) is 24.5. The molecule has 0 aliphatic rings. The third-order valence-electron chi connectivity index (χ3n) is 2.45. The van der Waals surface area contributed by atoms with Gasteiger partial charge in [-0.15, -0.1) is 0 Å². The molecule has 0 saturated carbocycles. The number of carbonyl (C=O) groups excluding carboxylic acids is 1. The second kappa shape index (κ2) is 8.84. The molecule has 0 unspecified atom stereocenters. The van der Waals surface area contributed by atoms with Crippen LogP contribution in [-0.4, -0.2) is 41.1 Å². The van der Waals surface area contributed by atoms with Crippen LogP contribution in [0.2, 0.25) is 0 Å². The van der Waals surface area contributed by atoms with Gasteiger partial charge in [-0.1, -0.05) is 27.2 Å². The molecule has 0 aromatic carbocycles. The van der Waals surface area contributed by atoms with Crippen LogP contribution < -0.4 is 5.32 Å². The Hall–Kier alpha value is -1.26. The highest BCUT2D eigenvalue weighted by atomic mass is 16.4. The lowest BCUT2D eigenvalue weighted by molar-refractivity contribution is -0.139. The molecule has 100 valence electrons. The maximum atomic E-state index is 11.9. The second-order valence-electron chi connectivity index (χ2n) is 4.12. The van der Waals surface area contributed by atoms with Crippen molar-refractivity contribution in [2.24, 2.45) is 0 Å². The Labute approximate surface area is 103 Å². The molecular formula is C12H24N2O3. The predicted octanol–water partition coefficient (Wildman–Crippen LogP) is 2.07. The van der Waals surface area contributed by atoms with Crippen molar-refractivity contribution in [3.63, 3.8) is 0 Å². The van der Waals surface area contributed by atoms with E-state index in [9.17, 15) is 9.59 Å². The molecule has 0 fully saturated rings. The van der Waals surface area contributed by atoms with Crippen LogP contribution in [0.3, 0.4) is 0 Å². The molecular weight excluding hydrogens is 220 g/mol. The lowest BCUT2D eigenvalue weighted by Crippen LogP contribution is -2.48. The molecule has 0 heterocycles. The summed E-state index contributed by atoms with van der Waals surface area (Å²) in [7, 11) is 0. The number of carboxylic acid groups (broad SMARTS) is 1. The maximum absolute atomic E-state index is 11.9. The van der Waals surface area contributed by atoms with E-state index in [-0.39, 0.29) is 6.03 Å². The van der Waals surface area contributed by atoms with Crippen molar-refractivity contribution >= 4 is 12.0 Å². The van der Waals surface area contributed by atoms with Gasteiger partial charge < -0.3 is 15.3 Å².